The maximum atomic E-state index is 13.0. The van der Waals surface area contributed by atoms with Gasteiger partial charge in [0, 0.05) is 6.20 Å². The molecule has 0 aliphatic rings. The fraction of sp³-hybridized carbons (Fsp3) is 0. The quantitative estimate of drug-likeness (QED) is 0.633. The van der Waals surface area contributed by atoms with Crippen molar-refractivity contribution >= 4 is 22.6 Å². The lowest BCUT2D eigenvalue weighted by Gasteiger charge is -1.95. The summed E-state index contributed by atoms with van der Waals surface area (Å²) in [4.78, 5) is 6.22. The van der Waals surface area contributed by atoms with Crippen molar-refractivity contribution in [1.82, 2.24) is 9.97 Å². The van der Waals surface area contributed by atoms with Crippen molar-refractivity contribution in [3.05, 3.63) is 29.1 Å². The van der Waals surface area contributed by atoms with E-state index >= 15 is 0 Å². The topological polar surface area (TPSA) is 28.7 Å². The molecule has 0 saturated heterocycles. The van der Waals surface area contributed by atoms with Crippen molar-refractivity contribution in [2.75, 3.05) is 0 Å². The van der Waals surface area contributed by atoms with Crippen molar-refractivity contribution in [3.8, 4) is 0 Å². The molecule has 0 atom stereocenters. The number of nitrogens with one attached hydrogen (secondary N) is 1. The highest BCUT2D eigenvalue weighted by Gasteiger charge is 2.13. The summed E-state index contributed by atoms with van der Waals surface area (Å²) >= 11 is 5.30. The molecule has 62 valence electrons. The van der Waals surface area contributed by atoms with Gasteiger partial charge in [-0.3, -0.25) is 0 Å². The maximum Gasteiger partial charge on any atom is 0.196 e. The molecule has 2 nitrogen and oxygen atoms in total. The molecule has 1 N–H and O–H groups in total. The number of hydrogen-bond acceptors (Lipinski definition) is 1. The number of nitrogens with zero attached hydrogens (tertiary/aromatic N) is 1. The molecule has 12 heavy (non-hydrogen) atoms. The summed E-state index contributed by atoms with van der Waals surface area (Å²) < 4.78 is 25.7. The van der Waals surface area contributed by atoms with Crippen molar-refractivity contribution < 1.29 is 8.78 Å². The highest BCUT2D eigenvalue weighted by molar-refractivity contribution is 6.29. The summed E-state index contributed by atoms with van der Waals surface area (Å²) in [6.45, 7) is 0. The molecule has 0 aliphatic heterocycles. The van der Waals surface area contributed by atoms with Gasteiger partial charge in [0.15, 0.2) is 16.8 Å². The van der Waals surface area contributed by atoms with E-state index < -0.39 is 16.8 Å². The lowest BCUT2D eigenvalue weighted by atomic mass is 10.3. The molecular weight excluding hydrogens is 186 g/mol. The van der Waals surface area contributed by atoms with Gasteiger partial charge in [-0.2, -0.15) is 0 Å². The van der Waals surface area contributed by atoms with E-state index in [0.29, 0.717) is 0 Å². The molecule has 0 unspecified atom stereocenters. The van der Waals surface area contributed by atoms with Crippen LogP contribution in [0.4, 0.5) is 8.78 Å². The lowest BCUT2D eigenvalue weighted by molar-refractivity contribution is 0.513. The van der Waals surface area contributed by atoms with Gasteiger partial charge in [-0.15, -0.1) is 0 Å². The molecule has 0 radical (unpaired) electrons. The summed E-state index contributed by atoms with van der Waals surface area (Å²) in [5.41, 5.74) is 0.249. The zero-order valence-corrected chi connectivity index (χ0v) is 6.49. The summed E-state index contributed by atoms with van der Waals surface area (Å²) in [7, 11) is 0. The van der Waals surface area contributed by atoms with Crippen LogP contribution in [0.5, 0.6) is 0 Å². The SMILES string of the molecule is Fc1c(Cl)nc2[nH]ccc2c1F. The lowest BCUT2D eigenvalue weighted by Crippen LogP contribution is -1.90. The molecule has 2 aromatic rings. The van der Waals surface area contributed by atoms with Crippen molar-refractivity contribution in [2.24, 2.45) is 0 Å². The van der Waals surface area contributed by atoms with E-state index in [1.54, 1.807) is 0 Å². The Kier molecular flexibility index (Phi) is 1.51. The second kappa shape index (κ2) is 2.42. The molecule has 0 amide bonds. The van der Waals surface area contributed by atoms with Crippen LogP contribution in [0.15, 0.2) is 12.3 Å². The van der Waals surface area contributed by atoms with E-state index in [1.165, 1.54) is 12.3 Å². The number of aromatic amines is 1. The maximum absolute atomic E-state index is 13.0. The standard InChI is InChI=1S/C7H3ClF2N2/c8-6-5(10)4(9)3-1-2-11-7(3)12-6/h1-2H,(H,11,12). The molecule has 0 aromatic carbocycles. The molecule has 2 rings (SSSR count). The van der Waals surface area contributed by atoms with Crippen LogP contribution in [0.3, 0.4) is 0 Å². The van der Waals surface area contributed by atoms with Gasteiger partial charge in [-0.25, -0.2) is 13.8 Å². The predicted molar refractivity (Wildman–Crippen MR) is 41.0 cm³/mol. The molecular formula is C7H3ClF2N2. The van der Waals surface area contributed by atoms with Crippen LogP contribution in [0.1, 0.15) is 0 Å². The number of aromatic nitrogens is 2. The molecule has 0 bridgehead atoms. The first kappa shape index (κ1) is 7.49. The largest absolute Gasteiger partial charge is 0.346 e. The number of H-pyrrole nitrogens is 1. The Bertz CT molecular complexity index is 438. The third-order valence-corrected chi connectivity index (χ3v) is 1.80. The molecule has 0 spiro atoms. The van der Waals surface area contributed by atoms with Gasteiger partial charge in [0.05, 0.1) is 5.39 Å². The molecule has 2 aromatic heterocycles. The number of halogens is 3. The second-order valence-corrected chi connectivity index (χ2v) is 2.63. The number of rotatable bonds is 0. The van der Waals surface area contributed by atoms with E-state index in [2.05, 4.69) is 9.97 Å². The first-order valence-corrected chi connectivity index (χ1v) is 3.55. The second-order valence-electron chi connectivity index (χ2n) is 2.27. The van der Waals surface area contributed by atoms with E-state index in [4.69, 9.17) is 11.6 Å². The summed E-state index contributed by atoms with van der Waals surface area (Å²) in [6.07, 6.45) is 1.47. The molecule has 0 aliphatic carbocycles. The highest BCUT2D eigenvalue weighted by Crippen LogP contribution is 2.22. The zero-order chi connectivity index (χ0) is 8.72. The Hall–Kier alpha value is -1.16. The minimum Gasteiger partial charge on any atom is -0.346 e. The third-order valence-electron chi connectivity index (χ3n) is 1.55. The highest BCUT2D eigenvalue weighted by atomic mass is 35.5. The van der Waals surface area contributed by atoms with Gasteiger partial charge in [0.1, 0.15) is 5.65 Å². The smallest absolute Gasteiger partial charge is 0.196 e. The number of hydrogen-bond donors (Lipinski definition) is 1. The van der Waals surface area contributed by atoms with Gasteiger partial charge >= 0.3 is 0 Å². The Morgan fingerprint density at radius 1 is 1.33 bits per heavy atom. The van der Waals surface area contributed by atoms with Crippen LogP contribution in [0.2, 0.25) is 5.15 Å². The van der Waals surface area contributed by atoms with Crippen LogP contribution < -0.4 is 0 Å². The average molecular weight is 189 g/mol. The Morgan fingerprint density at radius 3 is 2.83 bits per heavy atom. The van der Waals surface area contributed by atoms with Crippen molar-refractivity contribution in [2.45, 2.75) is 0 Å². The van der Waals surface area contributed by atoms with E-state index in [1.807, 2.05) is 0 Å². The monoisotopic (exact) mass is 188 g/mol. The minimum atomic E-state index is -1.11. The van der Waals surface area contributed by atoms with E-state index in [-0.39, 0.29) is 11.0 Å². The normalized spacial score (nSPS) is 10.9. The molecule has 0 saturated carbocycles. The summed E-state index contributed by atoms with van der Waals surface area (Å²) in [6, 6.07) is 1.40. The number of fused-ring (bicyclic) bond motifs is 1. The Labute approximate surface area is 71.2 Å². The number of pyridine rings is 1. The van der Waals surface area contributed by atoms with Crippen LogP contribution in [0, 0.1) is 11.6 Å². The van der Waals surface area contributed by atoms with Gasteiger partial charge in [0.2, 0.25) is 0 Å². The first-order valence-electron chi connectivity index (χ1n) is 3.17. The fourth-order valence-corrected chi connectivity index (χ4v) is 1.15. The van der Waals surface area contributed by atoms with Gasteiger partial charge < -0.3 is 4.98 Å². The van der Waals surface area contributed by atoms with Crippen LogP contribution in [-0.4, -0.2) is 9.97 Å². The van der Waals surface area contributed by atoms with Crippen molar-refractivity contribution in [3.63, 3.8) is 0 Å². The first-order chi connectivity index (χ1) is 5.70. The average Bonchev–Trinajstić information content (AvgIpc) is 2.48. The van der Waals surface area contributed by atoms with Crippen LogP contribution >= 0.6 is 11.6 Å². The van der Waals surface area contributed by atoms with Gasteiger partial charge in [0.25, 0.3) is 0 Å². The van der Waals surface area contributed by atoms with E-state index in [0.717, 1.165) is 0 Å². The fourth-order valence-electron chi connectivity index (χ4n) is 0.986. The Morgan fingerprint density at radius 2 is 2.08 bits per heavy atom. The Balaban J connectivity index is 2.94. The van der Waals surface area contributed by atoms with Gasteiger partial charge in [-0.05, 0) is 6.07 Å². The predicted octanol–water partition coefficient (Wildman–Crippen LogP) is 2.49. The molecule has 2 heterocycles. The molecule has 0 fully saturated rings. The third kappa shape index (κ3) is 0.881. The summed E-state index contributed by atoms with van der Waals surface area (Å²) in [5.74, 6) is -2.07. The zero-order valence-electron chi connectivity index (χ0n) is 5.74. The van der Waals surface area contributed by atoms with Crippen molar-refractivity contribution in [1.29, 1.82) is 0 Å². The van der Waals surface area contributed by atoms with Gasteiger partial charge in [-0.1, -0.05) is 11.6 Å². The minimum absolute atomic E-state index is 0.108. The molecule has 5 heteroatoms. The van der Waals surface area contributed by atoms with Crippen LogP contribution in [0.25, 0.3) is 11.0 Å². The van der Waals surface area contributed by atoms with Crippen LogP contribution in [-0.2, 0) is 0 Å². The summed E-state index contributed by atoms with van der Waals surface area (Å²) in [5, 5.41) is -0.348. The van der Waals surface area contributed by atoms with E-state index in [9.17, 15) is 8.78 Å².